The zero-order valence-electron chi connectivity index (χ0n) is 18.1. The largest absolute Gasteiger partial charge is 0.489 e. The predicted molar refractivity (Wildman–Crippen MR) is 121 cm³/mol. The van der Waals surface area contributed by atoms with Crippen LogP contribution in [0.5, 0.6) is 11.5 Å². The van der Waals surface area contributed by atoms with Crippen molar-refractivity contribution in [1.29, 1.82) is 0 Å². The number of benzene rings is 2. The Balaban J connectivity index is 1.49. The minimum atomic E-state index is -2.93. The Morgan fingerprint density at radius 3 is 2.53 bits per heavy atom. The molecule has 1 fully saturated rings. The van der Waals surface area contributed by atoms with Crippen LogP contribution >= 0.6 is 0 Å². The molecule has 10 heteroatoms. The molecule has 174 valence electrons. The Bertz CT molecular complexity index is 1200. The number of alkyl halides is 2. The van der Waals surface area contributed by atoms with Gasteiger partial charge in [0.05, 0.1) is 6.61 Å². The SMILES string of the molecule is FC(F)Oc1ccc(N(Cc2cccnc2)c2ccc(-c3nn[nH]n3)cc2)cc1OCC1CC1. The van der Waals surface area contributed by atoms with Crippen LogP contribution < -0.4 is 14.4 Å². The molecule has 0 amide bonds. The van der Waals surface area contributed by atoms with Crippen LogP contribution in [0.2, 0.25) is 0 Å². The molecule has 0 unspecified atom stereocenters. The van der Waals surface area contributed by atoms with Gasteiger partial charge in [0, 0.05) is 41.9 Å². The van der Waals surface area contributed by atoms with Crippen LogP contribution in [0.1, 0.15) is 18.4 Å². The second kappa shape index (κ2) is 9.82. The predicted octanol–water partition coefficient (Wildman–Crippen LogP) is 4.99. The maximum atomic E-state index is 13.0. The molecule has 2 aromatic heterocycles. The fraction of sp³-hybridized carbons (Fsp3) is 0.250. The van der Waals surface area contributed by atoms with Crippen LogP contribution in [0.3, 0.4) is 0 Å². The summed E-state index contributed by atoms with van der Waals surface area (Å²) in [6.45, 7) is -1.95. The van der Waals surface area contributed by atoms with E-state index in [1.807, 2.05) is 41.3 Å². The molecule has 2 heterocycles. The molecular formula is C24H22F2N6O2. The van der Waals surface area contributed by atoms with Crippen molar-refractivity contribution in [2.75, 3.05) is 11.5 Å². The van der Waals surface area contributed by atoms with Gasteiger partial charge < -0.3 is 14.4 Å². The Morgan fingerprint density at radius 2 is 1.85 bits per heavy atom. The summed E-state index contributed by atoms with van der Waals surface area (Å²) in [5.74, 6) is 1.28. The highest BCUT2D eigenvalue weighted by atomic mass is 19.3. The topological polar surface area (TPSA) is 89.1 Å². The fourth-order valence-corrected chi connectivity index (χ4v) is 3.54. The molecule has 1 aliphatic carbocycles. The molecule has 1 saturated carbocycles. The maximum Gasteiger partial charge on any atom is 0.387 e. The minimum absolute atomic E-state index is 0.0215. The first kappa shape index (κ1) is 21.7. The number of H-pyrrole nitrogens is 1. The van der Waals surface area contributed by atoms with E-state index in [0.717, 1.165) is 35.3 Å². The van der Waals surface area contributed by atoms with Crippen molar-refractivity contribution < 1.29 is 18.3 Å². The molecule has 8 nitrogen and oxygen atoms in total. The van der Waals surface area contributed by atoms with E-state index in [2.05, 4.69) is 25.6 Å². The van der Waals surface area contributed by atoms with Crippen molar-refractivity contribution in [3.05, 3.63) is 72.6 Å². The Morgan fingerprint density at radius 1 is 1.03 bits per heavy atom. The van der Waals surface area contributed by atoms with Gasteiger partial charge in [-0.15, -0.1) is 10.2 Å². The molecule has 0 spiro atoms. The van der Waals surface area contributed by atoms with E-state index >= 15 is 0 Å². The van der Waals surface area contributed by atoms with Crippen LogP contribution in [0.4, 0.5) is 20.2 Å². The van der Waals surface area contributed by atoms with E-state index in [4.69, 9.17) is 9.47 Å². The first-order chi connectivity index (χ1) is 16.7. The second-order valence-electron chi connectivity index (χ2n) is 7.99. The number of hydrogen-bond acceptors (Lipinski definition) is 7. The summed E-state index contributed by atoms with van der Waals surface area (Å²) in [5, 5.41) is 14.1. The lowest BCUT2D eigenvalue weighted by atomic mass is 10.1. The summed E-state index contributed by atoms with van der Waals surface area (Å²) in [6.07, 6.45) is 5.68. The highest BCUT2D eigenvalue weighted by Gasteiger charge is 2.24. The monoisotopic (exact) mass is 464 g/mol. The van der Waals surface area contributed by atoms with Gasteiger partial charge in [0.1, 0.15) is 0 Å². The van der Waals surface area contributed by atoms with E-state index in [0.29, 0.717) is 30.6 Å². The highest BCUT2D eigenvalue weighted by molar-refractivity contribution is 5.69. The van der Waals surface area contributed by atoms with Gasteiger partial charge in [-0.1, -0.05) is 6.07 Å². The van der Waals surface area contributed by atoms with Crippen LogP contribution in [0, 0.1) is 5.92 Å². The molecule has 0 radical (unpaired) electrons. The molecule has 34 heavy (non-hydrogen) atoms. The Kier molecular flexibility index (Phi) is 6.28. The molecule has 0 aliphatic heterocycles. The lowest BCUT2D eigenvalue weighted by Crippen LogP contribution is -2.17. The van der Waals surface area contributed by atoms with Gasteiger partial charge in [-0.3, -0.25) is 4.98 Å². The van der Waals surface area contributed by atoms with E-state index in [1.165, 1.54) is 6.07 Å². The number of hydrogen-bond donors (Lipinski definition) is 1. The quantitative estimate of drug-likeness (QED) is 0.354. The van der Waals surface area contributed by atoms with Gasteiger partial charge in [-0.25, -0.2) is 0 Å². The molecule has 1 aliphatic rings. The number of rotatable bonds is 10. The molecule has 5 rings (SSSR count). The Labute approximate surface area is 194 Å². The van der Waals surface area contributed by atoms with Crippen LogP contribution in [-0.2, 0) is 6.54 Å². The molecule has 0 bridgehead atoms. The van der Waals surface area contributed by atoms with Gasteiger partial charge in [0.25, 0.3) is 0 Å². The van der Waals surface area contributed by atoms with Crippen molar-refractivity contribution >= 4 is 11.4 Å². The average Bonchev–Trinajstić information content (AvgIpc) is 3.53. The first-order valence-electron chi connectivity index (χ1n) is 10.9. The zero-order chi connectivity index (χ0) is 23.3. The molecular weight excluding hydrogens is 442 g/mol. The average molecular weight is 464 g/mol. The number of nitrogens with one attached hydrogen (secondary N) is 1. The second-order valence-corrected chi connectivity index (χ2v) is 7.99. The summed E-state index contributed by atoms with van der Waals surface area (Å²) >= 11 is 0. The van der Waals surface area contributed by atoms with Crippen molar-refractivity contribution in [1.82, 2.24) is 25.6 Å². The number of anilines is 2. The minimum Gasteiger partial charge on any atom is -0.489 e. The third-order valence-corrected chi connectivity index (χ3v) is 5.47. The van der Waals surface area contributed by atoms with E-state index < -0.39 is 6.61 Å². The number of aromatic amines is 1. The number of nitrogens with zero attached hydrogens (tertiary/aromatic N) is 5. The first-order valence-corrected chi connectivity index (χ1v) is 10.9. The van der Waals surface area contributed by atoms with Crippen molar-refractivity contribution in [2.24, 2.45) is 5.92 Å². The van der Waals surface area contributed by atoms with Gasteiger partial charge in [0.2, 0.25) is 5.82 Å². The summed E-state index contributed by atoms with van der Waals surface area (Å²) in [4.78, 5) is 6.26. The van der Waals surface area contributed by atoms with Gasteiger partial charge in [0.15, 0.2) is 11.5 Å². The van der Waals surface area contributed by atoms with Crippen LogP contribution in [0.15, 0.2) is 67.0 Å². The van der Waals surface area contributed by atoms with Gasteiger partial charge in [-0.05, 0) is 72.0 Å². The lowest BCUT2D eigenvalue weighted by Gasteiger charge is -2.26. The smallest absolute Gasteiger partial charge is 0.387 e. The normalized spacial score (nSPS) is 13.1. The molecule has 2 aromatic carbocycles. The lowest BCUT2D eigenvalue weighted by molar-refractivity contribution is -0.0515. The van der Waals surface area contributed by atoms with Crippen molar-refractivity contribution in [3.63, 3.8) is 0 Å². The van der Waals surface area contributed by atoms with Gasteiger partial charge >= 0.3 is 6.61 Å². The number of pyridine rings is 1. The molecule has 1 N–H and O–H groups in total. The van der Waals surface area contributed by atoms with Gasteiger partial charge in [-0.2, -0.15) is 14.0 Å². The number of tetrazole rings is 1. The summed E-state index contributed by atoms with van der Waals surface area (Å²) < 4.78 is 36.5. The van der Waals surface area contributed by atoms with E-state index in [-0.39, 0.29) is 5.75 Å². The summed E-state index contributed by atoms with van der Waals surface area (Å²) in [5.41, 5.74) is 3.45. The van der Waals surface area contributed by atoms with Crippen molar-refractivity contribution in [2.45, 2.75) is 26.0 Å². The molecule has 4 aromatic rings. The zero-order valence-corrected chi connectivity index (χ0v) is 18.1. The summed E-state index contributed by atoms with van der Waals surface area (Å²) in [6, 6.07) is 16.5. The van der Waals surface area contributed by atoms with E-state index in [9.17, 15) is 8.78 Å². The maximum absolute atomic E-state index is 13.0. The standard InChI is InChI=1S/C24H22F2N6O2/c25-24(26)34-21-10-9-20(12-22(21)33-15-16-3-4-16)32(14-17-2-1-11-27-13-17)19-7-5-18(6-8-19)23-28-30-31-29-23/h1-2,5-13,16,24H,3-4,14-15H2,(H,28,29,30,31). The molecule has 0 atom stereocenters. The summed E-state index contributed by atoms with van der Waals surface area (Å²) in [7, 11) is 0. The van der Waals surface area contributed by atoms with Crippen LogP contribution in [0.25, 0.3) is 11.4 Å². The number of aromatic nitrogens is 5. The Hall–Kier alpha value is -4.08. The fourth-order valence-electron chi connectivity index (χ4n) is 3.54. The van der Waals surface area contributed by atoms with Crippen LogP contribution in [-0.4, -0.2) is 38.8 Å². The number of ether oxygens (including phenoxy) is 2. The highest BCUT2D eigenvalue weighted by Crippen LogP contribution is 2.38. The number of halogens is 2. The third kappa shape index (κ3) is 5.28. The van der Waals surface area contributed by atoms with Crippen molar-refractivity contribution in [3.8, 4) is 22.9 Å². The van der Waals surface area contributed by atoms with E-state index in [1.54, 1.807) is 24.5 Å². The molecule has 0 saturated heterocycles. The third-order valence-electron chi connectivity index (χ3n) is 5.47.